The van der Waals surface area contributed by atoms with Gasteiger partial charge in [-0.1, -0.05) is 41.5 Å². The molecule has 264 valence electrons. The fraction of sp³-hybridized carbons (Fsp3) is 1.00. The Hall–Kier alpha value is 0.917. The standard InChI is InChI=1S/2C12H28O4Si.2C3H8O.Zr/c2*1-7-10(4)14-17(13,15-11(5)8-2)16-12(6)9-3;2*1-3(2)4;/h2*10-13H,7-9H2,1-6H3;2*3-4H,1-2H3;. The quantitative estimate of drug-likeness (QED) is 0.116. The summed E-state index contributed by atoms with van der Waals surface area (Å²) in [5, 5.41) is 16.1. The molecule has 0 rings (SSSR count). The Morgan fingerprint density at radius 2 is 0.465 bits per heavy atom. The summed E-state index contributed by atoms with van der Waals surface area (Å²) in [6.07, 6.45) is 4.27. The predicted octanol–water partition coefficient (Wildman–Crippen LogP) is 6.49. The zero-order chi connectivity index (χ0) is 34.1. The van der Waals surface area contributed by atoms with Crippen molar-refractivity contribution in [1.82, 2.24) is 0 Å². The van der Waals surface area contributed by atoms with Crippen molar-refractivity contribution in [3.63, 3.8) is 0 Å². The summed E-state index contributed by atoms with van der Waals surface area (Å²) in [6, 6.07) is 0. The minimum atomic E-state index is -3.50. The SMILES string of the molecule is CC(C)O.CC(C)O.CCC(C)O[Si](O)(OC(C)CC)OC(C)CC.CCC(C)O[Si](O)(OC(C)CC)OC(C)CC.[Zr]. The molecular weight excluding hydrogens is 668 g/mol. The second kappa shape index (κ2) is 31.5. The van der Waals surface area contributed by atoms with Gasteiger partial charge in [0.1, 0.15) is 0 Å². The first-order chi connectivity index (χ1) is 19.2. The molecule has 0 heterocycles. The number of rotatable bonds is 18. The average Bonchev–Trinajstić information content (AvgIpc) is 2.87. The van der Waals surface area contributed by atoms with Crippen molar-refractivity contribution in [3.05, 3.63) is 0 Å². The molecule has 10 nitrogen and oxygen atoms in total. The van der Waals surface area contributed by atoms with Gasteiger partial charge in [0.15, 0.2) is 0 Å². The molecule has 0 saturated carbocycles. The van der Waals surface area contributed by atoms with E-state index in [-0.39, 0.29) is 75.0 Å². The van der Waals surface area contributed by atoms with Crippen LogP contribution < -0.4 is 0 Å². The first-order valence-corrected chi connectivity index (χ1v) is 19.4. The summed E-state index contributed by atoms with van der Waals surface area (Å²) in [7, 11) is -7.00. The summed E-state index contributed by atoms with van der Waals surface area (Å²) < 4.78 is 33.5. The summed E-state index contributed by atoms with van der Waals surface area (Å²) in [5.41, 5.74) is 0. The van der Waals surface area contributed by atoms with Crippen molar-refractivity contribution >= 4 is 18.1 Å². The van der Waals surface area contributed by atoms with E-state index in [0.717, 1.165) is 38.5 Å². The molecule has 4 N–H and O–H groups in total. The Labute approximate surface area is 287 Å². The molecule has 0 saturated heterocycles. The Bertz CT molecular complexity index is 463. The van der Waals surface area contributed by atoms with Crippen molar-refractivity contribution in [2.75, 3.05) is 0 Å². The van der Waals surface area contributed by atoms with E-state index in [2.05, 4.69) is 0 Å². The van der Waals surface area contributed by atoms with Crippen molar-refractivity contribution < 1.29 is 72.6 Å². The van der Waals surface area contributed by atoms with Gasteiger partial charge in [-0.25, -0.2) is 0 Å². The number of hydrogen-bond donors (Lipinski definition) is 4. The van der Waals surface area contributed by atoms with Gasteiger partial charge in [0.05, 0.1) is 0 Å². The summed E-state index contributed by atoms with van der Waals surface area (Å²) in [4.78, 5) is 20.8. The molecule has 0 aliphatic carbocycles. The third-order valence-electron chi connectivity index (χ3n) is 5.55. The molecule has 0 aliphatic heterocycles. The van der Waals surface area contributed by atoms with Crippen LogP contribution in [-0.4, -0.2) is 86.7 Å². The van der Waals surface area contributed by atoms with E-state index in [4.69, 9.17) is 36.8 Å². The first kappa shape index (κ1) is 53.4. The molecule has 0 amide bonds. The average molecular weight is 740 g/mol. The fourth-order valence-electron chi connectivity index (χ4n) is 2.19. The molecule has 0 aromatic heterocycles. The second-order valence-electron chi connectivity index (χ2n) is 11.3. The van der Waals surface area contributed by atoms with E-state index < -0.39 is 18.1 Å². The van der Waals surface area contributed by atoms with E-state index in [1.54, 1.807) is 27.7 Å². The van der Waals surface area contributed by atoms with Crippen molar-refractivity contribution in [3.8, 4) is 0 Å². The van der Waals surface area contributed by atoms with Gasteiger partial charge in [-0.3, -0.25) is 0 Å². The zero-order valence-corrected chi connectivity index (χ0v) is 35.1. The van der Waals surface area contributed by atoms with Crippen LogP contribution in [0.15, 0.2) is 0 Å². The summed E-state index contributed by atoms with van der Waals surface area (Å²) in [6.45, 7) is 30.4. The molecule has 13 heteroatoms. The van der Waals surface area contributed by atoms with Gasteiger partial charge in [0, 0.05) is 75.0 Å². The topological polar surface area (TPSA) is 136 Å². The Morgan fingerprint density at radius 3 is 0.535 bits per heavy atom. The van der Waals surface area contributed by atoms with Gasteiger partial charge >= 0.3 is 18.1 Å². The van der Waals surface area contributed by atoms with Crippen molar-refractivity contribution in [2.45, 2.75) is 198 Å². The monoisotopic (exact) mass is 738 g/mol. The smallest absolute Gasteiger partial charge is 0.394 e. The van der Waals surface area contributed by atoms with Gasteiger partial charge in [0.2, 0.25) is 0 Å². The van der Waals surface area contributed by atoms with Crippen molar-refractivity contribution in [1.29, 1.82) is 0 Å². The molecule has 0 spiro atoms. The molecule has 6 atom stereocenters. The minimum Gasteiger partial charge on any atom is -0.394 e. The molecule has 0 aliphatic rings. The molecule has 0 fully saturated rings. The van der Waals surface area contributed by atoms with E-state index in [1.165, 1.54) is 0 Å². The maximum atomic E-state index is 10.4. The Balaban J connectivity index is -0.000000175. The second-order valence-corrected chi connectivity index (χ2v) is 14.8. The minimum absolute atomic E-state index is 0. The van der Waals surface area contributed by atoms with Crippen LogP contribution in [0.25, 0.3) is 0 Å². The first-order valence-electron chi connectivity index (χ1n) is 16.1. The van der Waals surface area contributed by atoms with Crippen LogP contribution in [0.4, 0.5) is 0 Å². The van der Waals surface area contributed by atoms with Crippen LogP contribution in [0.5, 0.6) is 0 Å². The summed E-state index contributed by atoms with van der Waals surface area (Å²) in [5.74, 6) is 0. The maximum absolute atomic E-state index is 10.4. The van der Waals surface area contributed by atoms with Gasteiger partial charge in [-0.15, -0.1) is 0 Å². The number of aliphatic hydroxyl groups excluding tert-OH is 2. The van der Waals surface area contributed by atoms with Crippen LogP contribution in [0.2, 0.25) is 0 Å². The van der Waals surface area contributed by atoms with E-state index in [9.17, 15) is 9.59 Å². The Morgan fingerprint density at radius 1 is 0.372 bits per heavy atom. The predicted molar refractivity (Wildman–Crippen MR) is 176 cm³/mol. The number of hydrogen-bond acceptors (Lipinski definition) is 10. The van der Waals surface area contributed by atoms with E-state index in [0.29, 0.717) is 0 Å². The molecular formula is C30H72O10Si2Zr. The van der Waals surface area contributed by atoms with Gasteiger partial charge < -0.3 is 46.4 Å². The van der Waals surface area contributed by atoms with E-state index in [1.807, 2.05) is 83.1 Å². The fourth-order valence-corrected chi connectivity index (χ4v) is 6.58. The van der Waals surface area contributed by atoms with Crippen LogP contribution in [-0.2, 0) is 52.8 Å². The van der Waals surface area contributed by atoms with Crippen LogP contribution in [0, 0.1) is 0 Å². The van der Waals surface area contributed by atoms with Crippen LogP contribution >= 0.6 is 0 Å². The summed E-state index contributed by atoms with van der Waals surface area (Å²) >= 11 is 0. The third-order valence-corrected chi connectivity index (χ3v) is 9.75. The molecule has 0 aromatic carbocycles. The molecule has 0 aromatic rings. The molecule has 0 radical (unpaired) electrons. The molecule has 6 unspecified atom stereocenters. The Kier molecular flexibility index (Phi) is 39.1. The van der Waals surface area contributed by atoms with Gasteiger partial charge in [0.25, 0.3) is 0 Å². The van der Waals surface area contributed by atoms with Gasteiger partial charge in [-0.05, 0) is 108 Å². The van der Waals surface area contributed by atoms with Crippen LogP contribution in [0.1, 0.15) is 149 Å². The third kappa shape index (κ3) is 39.0. The van der Waals surface area contributed by atoms with Crippen LogP contribution in [0.3, 0.4) is 0 Å². The zero-order valence-electron chi connectivity index (χ0n) is 30.6. The number of aliphatic hydroxyl groups is 2. The molecule has 0 bridgehead atoms. The van der Waals surface area contributed by atoms with E-state index >= 15 is 0 Å². The maximum Gasteiger partial charge on any atom is 0.677 e. The van der Waals surface area contributed by atoms with Gasteiger partial charge in [-0.2, -0.15) is 0 Å². The molecule has 43 heavy (non-hydrogen) atoms. The largest absolute Gasteiger partial charge is 0.677 e. The normalized spacial score (nSPS) is 18.0. The van der Waals surface area contributed by atoms with Crippen molar-refractivity contribution in [2.24, 2.45) is 0 Å².